The number of benzene rings is 2. The van der Waals surface area contributed by atoms with E-state index in [0.29, 0.717) is 47.2 Å². The number of aromatic amines is 1. The van der Waals surface area contributed by atoms with Crippen LogP contribution in [-0.4, -0.2) is 44.8 Å². The molecule has 1 aliphatic rings. The Bertz CT molecular complexity index is 1340. The van der Waals surface area contributed by atoms with Crippen LogP contribution in [0.2, 0.25) is 0 Å². The Morgan fingerprint density at radius 2 is 1.97 bits per heavy atom. The largest absolute Gasteiger partial charge is 0.507 e. The summed E-state index contributed by atoms with van der Waals surface area (Å²) in [6, 6.07) is 16.0. The van der Waals surface area contributed by atoms with Gasteiger partial charge in [0.2, 0.25) is 0 Å². The standard InChI is InChI=1S/C26H24N4O4/c1-3-34-20-11-10-17(13-21(20)33-2)25-22-23(18-8-4-5-9-19(18)31)28-29-24(22)26(32)30(25)15-16-7-6-12-27-14-16/h4-14,25,31H,3,15H2,1-2H3,(H,28,29)/t25-/m1/s1. The molecule has 1 amide bonds. The monoisotopic (exact) mass is 456 g/mol. The van der Waals surface area contributed by atoms with Crippen LogP contribution in [-0.2, 0) is 6.54 Å². The molecule has 1 atom stereocenters. The van der Waals surface area contributed by atoms with Crippen molar-refractivity contribution in [3.63, 3.8) is 0 Å². The maximum Gasteiger partial charge on any atom is 0.273 e. The fourth-order valence-corrected chi connectivity index (χ4v) is 4.40. The third-order valence-corrected chi connectivity index (χ3v) is 5.90. The number of aromatic nitrogens is 3. The number of carbonyl (C=O) groups is 1. The number of phenolic OH excluding ortho intramolecular Hbond substituents is 1. The number of phenols is 1. The molecule has 2 aromatic heterocycles. The number of pyridine rings is 1. The van der Waals surface area contributed by atoms with Crippen LogP contribution >= 0.6 is 0 Å². The highest BCUT2D eigenvalue weighted by atomic mass is 16.5. The highest BCUT2D eigenvalue weighted by Gasteiger charge is 2.42. The molecule has 172 valence electrons. The summed E-state index contributed by atoms with van der Waals surface area (Å²) in [6.07, 6.45) is 3.45. The zero-order chi connectivity index (χ0) is 23.7. The van der Waals surface area contributed by atoms with Crippen LogP contribution in [0.3, 0.4) is 0 Å². The number of methoxy groups -OCH3 is 1. The normalized spacial score (nSPS) is 14.8. The van der Waals surface area contributed by atoms with E-state index >= 15 is 0 Å². The molecule has 0 unspecified atom stereocenters. The molecule has 8 nitrogen and oxygen atoms in total. The van der Waals surface area contributed by atoms with Gasteiger partial charge in [-0.3, -0.25) is 14.9 Å². The van der Waals surface area contributed by atoms with Crippen molar-refractivity contribution in [3.05, 3.63) is 89.4 Å². The Balaban J connectivity index is 1.67. The van der Waals surface area contributed by atoms with Gasteiger partial charge in [-0.15, -0.1) is 0 Å². The van der Waals surface area contributed by atoms with E-state index in [1.807, 2.05) is 43.3 Å². The average molecular weight is 457 g/mol. The number of carbonyl (C=O) groups excluding carboxylic acids is 1. The number of nitrogens with one attached hydrogen (secondary N) is 1. The van der Waals surface area contributed by atoms with Gasteiger partial charge < -0.3 is 19.5 Å². The molecule has 0 aliphatic carbocycles. The molecular formula is C26H24N4O4. The highest BCUT2D eigenvalue weighted by molar-refractivity contribution is 6.00. The van der Waals surface area contributed by atoms with Gasteiger partial charge in [0.25, 0.3) is 5.91 Å². The molecule has 0 saturated heterocycles. The van der Waals surface area contributed by atoms with Gasteiger partial charge in [-0.05, 0) is 48.4 Å². The van der Waals surface area contributed by atoms with Crippen LogP contribution in [0.4, 0.5) is 0 Å². The summed E-state index contributed by atoms with van der Waals surface area (Å²) < 4.78 is 11.3. The average Bonchev–Trinajstić information content (AvgIpc) is 3.40. The van der Waals surface area contributed by atoms with Gasteiger partial charge in [0.15, 0.2) is 11.5 Å². The lowest BCUT2D eigenvalue weighted by Gasteiger charge is -2.27. The van der Waals surface area contributed by atoms with Crippen molar-refractivity contribution in [1.82, 2.24) is 20.1 Å². The summed E-state index contributed by atoms with van der Waals surface area (Å²) in [7, 11) is 1.59. The predicted octanol–water partition coefficient (Wildman–Crippen LogP) is 4.33. The molecule has 0 spiro atoms. The minimum atomic E-state index is -0.458. The molecule has 0 bridgehead atoms. The number of ether oxygens (including phenoxy) is 2. The van der Waals surface area contributed by atoms with Gasteiger partial charge in [-0.1, -0.05) is 24.3 Å². The van der Waals surface area contributed by atoms with Crippen LogP contribution in [0, 0.1) is 0 Å². The Morgan fingerprint density at radius 1 is 1.12 bits per heavy atom. The topological polar surface area (TPSA) is 101 Å². The summed E-state index contributed by atoms with van der Waals surface area (Å²) in [6.45, 7) is 2.78. The summed E-state index contributed by atoms with van der Waals surface area (Å²) in [5.74, 6) is 1.13. The Kier molecular flexibility index (Phi) is 5.63. The lowest BCUT2D eigenvalue weighted by molar-refractivity contribution is 0.0729. The summed E-state index contributed by atoms with van der Waals surface area (Å²) in [4.78, 5) is 19.5. The first-order chi connectivity index (χ1) is 16.6. The second-order valence-electron chi connectivity index (χ2n) is 7.92. The van der Waals surface area contributed by atoms with Crippen molar-refractivity contribution < 1.29 is 19.4 Å². The van der Waals surface area contributed by atoms with E-state index < -0.39 is 6.04 Å². The van der Waals surface area contributed by atoms with Crippen LogP contribution in [0.5, 0.6) is 17.2 Å². The quantitative estimate of drug-likeness (QED) is 0.429. The summed E-state index contributed by atoms with van der Waals surface area (Å²) in [5, 5.41) is 17.9. The smallest absolute Gasteiger partial charge is 0.273 e. The predicted molar refractivity (Wildman–Crippen MR) is 126 cm³/mol. The summed E-state index contributed by atoms with van der Waals surface area (Å²) in [5.41, 5.74) is 3.95. The molecule has 0 saturated carbocycles. The van der Waals surface area contributed by atoms with Gasteiger partial charge in [-0.25, -0.2) is 0 Å². The van der Waals surface area contributed by atoms with Crippen LogP contribution < -0.4 is 9.47 Å². The van der Waals surface area contributed by atoms with Crippen LogP contribution in [0.25, 0.3) is 11.3 Å². The van der Waals surface area contributed by atoms with Crippen molar-refractivity contribution in [2.45, 2.75) is 19.5 Å². The number of H-pyrrole nitrogens is 1. The third kappa shape index (κ3) is 3.63. The second-order valence-corrected chi connectivity index (χ2v) is 7.92. The SMILES string of the molecule is CCOc1ccc([C@@H]2c3c(-c4ccccc4O)n[nH]c3C(=O)N2Cc2cccnc2)cc1OC. The lowest BCUT2D eigenvalue weighted by Crippen LogP contribution is -2.29. The molecule has 1 aliphatic heterocycles. The molecule has 8 heteroatoms. The van der Waals surface area contributed by atoms with E-state index in [1.54, 1.807) is 42.6 Å². The number of para-hydroxylation sites is 1. The van der Waals surface area contributed by atoms with E-state index in [2.05, 4.69) is 15.2 Å². The third-order valence-electron chi connectivity index (χ3n) is 5.90. The molecule has 2 N–H and O–H groups in total. The van der Waals surface area contributed by atoms with Crippen LogP contribution in [0.1, 0.15) is 40.1 Å². The minimum Gasteiger partial charge on any atom is -0.507 e. The zero-order valence-corrected chi connectivity index (χ0v) is 18.9. The maximum atomic E-state index is 13.6. The molecule has 4 aromatic rings. The number of rotatable bonds is 7. The molecule has 3 heterocycles. The van der Waals surface area contributed by atoms with E-state index in [1.165, 1.54) is 0 Å². The van der Waals surface area contributed by atoms with Crippen molar-refractivity contribution >= 4 is 5.91 Å². The summed E-state index contributed by atoms with van der Waals surface area (Å²) >= 11 is 0. The van der Waals surface area contributed by atoms with Gasteiger partial charge in [0, 0.05) is 30.1 Å². The first-order valence-electron chi connectivity index (χ1n) is 11.0. The maximum absolute atomic E-state index is 13.6. The fourth-order valence-electron chi connectivity index (χ4n) is 4.40. The first kappa shape index (κ1) is 21.5. The second kappa shape index (κ2) is 8.90. The number of fused-ring (bicyclic) bond motifs is 1. The van der Waals surface area contributed by atoms with Gasteiger partial charge >= 0.3 is 0 Å². The van der Waals surface area contributed by atoms with E-state index in [4.69, 9.17) is 9.47 Å². The number of aromatic hydroxyl groups is 1. The van der Waals surface area contributed by atoms with Gasteiger partial charge in [-0.2, -0.15) is 5.10 Å². The number of nitrogens with zero attached hydrogens (tertiary/aromatic N) is 3. The fraction of sp³-hybridized carbons (Fsp3) is 0.192. The number of hydrogen-bond donors (Lipinski definition) is 2. The minimum absolute atomic E-state index is 0.0954. The van der Waals surface area contributed by atoms with Crippen molar-refractivity contribution in [1.29, 1.82) is 0 Å². The lowest BCUT2D eigenvalue weighted by atomic mass is 9.95. The van der Waals surface area contributed by atoms with Crippen molar-refractivity contribution in [2.75, 3.05) is 13.7 Å². The number of amides is 1. The van der Waals surface area contributed by atoms with Crippen LogP contribution in [0.15, 0.2) is 67.0 Å². The zero-order valence-electron chi connectivity index (χ0n) is 18.9. The molecule has 0 fully saturated rings. The van der Waals surface area contributed by atoms with E-state index in [0.717, 1.165) is 11.1 Å². The Hall–Kier alpha value is -4.33. The molecular weight excluding hydrogens is 432 g/mol. The van der Waals surface area contributed by atoms with Crippen molar-refractivity contribution in [2.24, 2.45) is 0 Å². The van der Waals surface area contributed by atoms with E-state index in [9.17, 15) is 9.90 Å². The number of hydrogen-bond acceptors (Lipinski definition) is 6. The molecule has 0 radical (unpaired) electrons. The van der Waals surface area contributed by atoms with Gasteiger partial charge in [0.1, 0.15) is 17.1 Å². The molecule has 5 rings (SSSR count). The molecule has 2 aromatic carbocycles. The van der Waals surface area contributed by atoms with Crippen molar-refractivity contribution in [3.8, 4) is 28.5 Å². The Labute approximate surface area is 196 Å². The van der Waals surface area contributed by atoms with E-state index in [-0.39, 0.29) is 11.7 Å². The molecule has 34 heavy (non-hydrogen) atoms. The Morgan fingerprint density at radius 3 is 2.71 bits per heavy atom. The van der Waals surface area contributed by atoms with Gasteiger partial charge in [0.05, 0.1) is 19.8 Å². The first-order valence-corrected chi connectivity index (χ1v) is 11.0. The highest BCUT2D eigenvalue weighted by Crippen LogP contribution is 2.46.